The van der Waals surface area contributed by atoms with E-state index in [9.17, 15) is 13.2 Å². The quantitative estimate of drug-likeness (QED) is 0.835. The first-order valence-corrected chi connectivity index (χ1v) is 7.90. The summed E-state index contributed by atoms with van der Waals surface area (Å²) < 4.78 is 25.6. The summed E-state index contributed by atoms with van der Waals surface area (Å²) in [7, 11) is -0.474. The van der Waals surface area contributed by atoms with Crippen molar-refractivity contribution in [3.8, 4) is 0 Å². The molecule has 2 rings (SSSR count). The molecule has 1 unspecified atom stereocenters. The summed E-state index contributed by atoms with van der Waals surface area (Å²) in [5, 5.41) is 5.96. The highest BCUT2D eigenvalue weighted by molar-refractivity contribution is 7.89. The molecule has 0 radical (unpaired) electrons. The zero-order chi connectivity index (χ0) is 14.8. The lowest BCUT2D eigenvalue weighted by molar-refractivity contribution is -0.119. The summed E-state index contributed by atoms with van der Waals surface area (Å²) in [5.41, 5.74) is 0.558. The third kappa shape index (κ3) is 3.10. The molecule has 1 aromatic rings. The zero-order valence-corrected chi connectivity index (χ0v) is 12.4. The Morgan fingerprint density at radius 1 is 1.35 bits per heavy atom. The topological polar surface area (TPSA) is 78.5 Å². The zero-order valence-electron chi connectivity index (χ0n) is 11.6. The number of carbonyl (C=O) groups is 1. The van der Waals surface area contributed by atoms with Gasteiger partial charge in [-0.2, -0.15) is 0 Å². The van der Waals surface area contributed by atoms with Crippen LogP contribution in [0, 0.1) is 0 Å². The predicted octanol–water partition coefficient (Wildman–Crippen LogP) is 0.627. The van der Waals surface area contributed by atoms with Crippen molar-refractivity contribution in [1.82, 2.24) is 9.62 Å². The van der Waals surface area contributed by atoms with Crippen LogP contribution in [-0.4, -0.2) is 45.3 Å². The maximum atomic E-state index is 12.2. The molecule has 7 heteroatoms. The number of anilines is 1. The first kappa shape index (κ1) is 14.8. The molecule has 1 aromatic carbocycles. The number of benzene rings is 1. The molecule has 0 aromatic heterocycles. The van der Waals surface area contributed by atoms with Crippen molar-refractivity contribution >= 4 is 21.6 Å². The molecule has 1 amide bonds. The number of nitrogens with zero attached hydrogens (tertiary/aromatic N) is 1. The van der Waals surface area contributed by atoms with Gasteiger partial charge in [0.25, 0.3) is 0 Å². The molecule has 0 spiro atoms. The number of hydrogen-bond donors (Lipinski definition) is 2. The van der Waals surface area contributed by atoms with Gasteiger partial charge in [-0.3, -0.25) is 4.79 Å². The molecule has 6 nitrogen and oxygen atoms in total. The van der Waals surface area contributed by atoms with Gasteiger partial charge in [-0.1, -0.05) is 12.1 Å². The van der Waals surface area contributed by atoms with Gasteiger partial charge in [-0.05, 0) is 18.6 Å². The maximum Gasteiger partial charge on any atom is 0.244 e. The largest absolute Gasteiger partial charge is 0.382 e. The Bertz CT molecular complexity index is 599. The van der Waals surface area contributed by atoms with Crippen molar-refractivity contribution in [2.45, 2.75) is 23.8 Å². The number of para-hydroxylation sites is 1. The first-order chi connectivity index (χ1) is 9.41. The van der Waals surface area contributed by atoms with E-state index in [1.54, 1.807) is 24.3 Å². The first-order valence-electron chi connectivity index (χ1n) is 6.46. The molecule has 1 heterocycles. The molecule has 20 heavy (non-hydrogen) atoms. The van der Waals surface area contributed by atoms with Crippen molar-refractivity contribution in [1.29, 1.82) is 0 Å². The second kappa shape index (κ2) is 5.80. The second-order valence-electron chi connectivity index (χ2n) is 4.97. The highest BCUT2D eigenvalue weighted by atomic mass is 32.2. The third-order valence-corrected chi connectivity index (χ3v) is 5.14. The fourth-order valence-electron chi connectivity index (χ4n) is 2.10. The van der Waals surface area contributed by atoms with Crippen LogP contribution in [0.5, 0.6) is 0 Å². The van der Waals surface area contributed by atoms with Gasteiger partial charge in [0.1, 0.15) is 4.90 Å². The van der Waals surface area contributed by atoms with Crippen molar-refractivity contribution < 1.29 is 13.2 Å². The van der Waals surface area contributed by atoms with Gasteiger partial charge in [-0.25, -0.2) is 12.7 Å². The van der Waals surface area contributed by atoms with Crippen molar-refractivity contribution in [2.24, 2.45) is 0 Å². The van der Waals surface area contributed by atoms with Crippen LogP contribution >= 0.6 is 0 Å². The van der Waals surface area contributed by atoms with Gasteiger partial charge in [0.05, 0.1) is 5.69 Å². The third-order valence-electron chi connectivity index (χ3n) is 3.27. The Labute approximate surface area is 119 Å². The number of rotatable bonds is 5. The molecule has 0 bridgehead atoms. The summed E-state index contributed by atoms with van der Waals surface area (Å²) >= 11 is 0. The van der Waals surface area contributed by atoms with E-state index in [1.165, 1.54) is 18.4 Å². The fraction of sp³-hybridized carbons (Fsp3) is 0.462. The van der Waals surface area contributed by atoms with Crippen LogP contribution in [0.2, 0.25) is 0 Å². The monoisotopic (exact) mass is 297 g/mol. The van der Waals surface area contributed by atoms with E-state index in [1.807, 2.05) is 0 Å². The Morgan fingerprint density at radius 3 is 2.65 bits per heavy atom. The molecule has 0 saturated carbocycles. The number of carbonyl (C=O) groups excluding carboxylic acids is 1. The van der Waals surface area contributed by atoms with Crippen LogP contribution in [0.1, 0.15) is 12.8 Å². The predicted molar refractivity (Wildman–Crippen MR) is 77.0 cm³/mol. The van der Waals surface area contributed by atoms with E-state index in [0.29, 0.717) is 18.7 Å². The van der Waals surface area contributed by atoms with Crippen molar-refractivity contribution in [3.63, 3.8) is 0 Å². The number of amides is 1. The van der Waals surface area contributed by atoms with E-state index < -0.39 is 10.0 Å². The molecule has 2 N–H and O–H groups in total. The van der Waals surface area contributed by atoms with Crippen LogP contribution in [0.15, 0.2) is 29.2 Å². The summed E-state index contributed by atoms with van der Waals surface area (Å²) in [6.07, 6.45) is 1.30. The van der Waals surface area contributed by atoms with E-state index in [4.69, 9.17) is 0 Å². The van der Waals surface area contributed by atoms with Crippen LogP contribution in [-0.2, 0) is 14.8 Å². The van der Waals surface area contributed by atoms with Crippen LogP contribution in [0.4, 0.5) is 5.69 Å². The molecule has 1 aliphatic heterocycles. The normalized spacial score (nSPS) is 19.1. The molecular formula is C13H19N3O3S. The van der Waals surface area contributed by atoms with Crippen molar-refractivity contribution in [3.05, 3.63) is 24.3 Å². The van der Waals surface area contributed by atoms with Gasteiger partial charge in [0.2, 0.25) is 15.9 Å². The number of nitrogens with one attached hydrogen (secondary N) is 2. The van der Waals surface area contributed by atoms with Crippen LogP contribution in [0.3, 0.4) is 0 Å². The summed E-state index contributed by atoms with van der Waals surface area (Å²) in [6.45, 7) is 0.520. The SMILES string of the molecule is CN(C)S(=O)(=O)c1ccccc1NCC1CCC(=O)N1. The van der Waals surface area contributed by atoms with Gasteiger partial charge in [0.15, 0.2) is 0 Å². The maximum absolute atomic E-state index is 12.2. The minimum absolute atomic E-state index is 0.0472. The van der Waals surface area contributed by atoms with Gasteiger partial charge in [-0.15, -0.1) is 0 Å². The smallest absolute Gasteiger partial charge is 0.244 e. The minimum Gasteiger partial charge on any atom is -0.382 e. The summed E-state index contributed by atoms with van der Waals surface area (Å²) in [6, 6.07) is 6.83. The molecule has 1 fully saturated rings. The van der Waals surface area contributed by atoms with E-state index in [0.717, 1.165) is 6.42 Å². The van der Waals surface area contributed by atoms with Gasteiger partial charge in [0, 0.05) is 33.1 Å². The molecule has 1 saturated heterocycles. The summed E-state index contributed by atoms with van der Waals surface area (Å²) in [4.78, 5) is 11.4. The lowest BCUT2D eigenvalue weighted by atomic mass is 10.2. The standard InChI is InChI=1S/C13H19N3O3S/c1-16(2)20(18,19)12-6-4-3-5-11(12)14-9-10-7-8-13(17)15-10/h3-6,10,14H,7-9H2,1-2H3,(H,15,17). The minimum atomic E-state index is -3.48. The average Bonchev–Trinajstić information content (AvgIpc) is 2.82. The Kier molecular flexibility index (Phi) is 4.29. The Balaban J connectivity index is 2.14. The van der Waals surface area contributed by atoms with Gasteiger partial charge >= 0.3 is 0 Å². The van der Waals surface area contributed by atoms with Crippen LogP contribution in [0.25, 0.3) is 0 Å². The van der Waals surface area contributed by atoms with Gasteiger partial charge < -0.3 is 10.6 Å². The van der Waals surface area contributed by atoms with E-state index in [-0.39, 0.29) is 16.8 Å². The Morgan fingerprint density at radius 2 is 2.05 bits per heavy atom. The molecule has 1 aliphatic rings. The average molecular weight is 297 g/mol. The van der Waals surface area contributed by atoms with Crippen LogP contribution < -0.4 is 10.6 Å². The number of hydrogen-bond acceptors (Lipinski definition) is 4. The lowest BCUT2D eigenvalue weighted by Gasteiger charge is -2.18. The molecular weight excluding hydrogens is 278 g/mol. The summed E-state index contributed by atoms with van der Waals surface area (Å²) in [5.74, 6) is 0.0472. The molecule has 110 valence electrons. The molecule has 0 aliphatic carbocycles. The Hall–Kier alpha value is -1.60. The highest BCUT2D eigenvalue weighted by Gasteiger charge is 2.23. The lowest BCUT2D eigenvalue weighted by Crippen LogP contribution is -2.32. The van der Waals surface area contributed by atoms with E-state index >= 15 is 0 Å². The van der Waals surface area contributed by atoms with E-state index in [2.05, 4.69) is 10.6 Å². The number of sulfonamides is 1. The fourth-order valence-corrected chi connectivity index (χ4v) is 3.16. The van der Waals surface area contributed by atoms with Crippen molar-refractivity contribution in [2.75, 3.05) is 26.0 Å². The highest BCUT2D eigenvalue weighted by Crippen LogP contribution is 2.23. The molecule has 1 atom stereocenters. The second-order valence-corrected chi connectivity index (χ2v) is 7.09.